The number of carbonyl (C=O) groups is 2. The molecule has 4 aliphatic heterocycles. The summed E-state index contributed by atoms with van der Waals surface area (Å²) < 4.78 is 8.72. The minimum absolute atomic E-state index is 0.0103. The number of para-hydroxylation sites is 1. The summed E-state index contributed by atoms with van der Waals surface area (Å²) in [6.07, 6.45) is 3.77. The average Bonchev–Trinajstić information content (AvgIpc) is 3.87. The van der Waals surface area contributed by atoms with Crippen LogP contribution in [0.2, 0.25) is 23.7 Å². The fourth-order valence-electron chi connectivity index (χ4n) is 9.59. The third-order valence-corrected chi connectivity index (χ3v) is 14.8. The van der Waals surface area contributed by atoms with Crippen LogP contribution in [0.5, 0.6) is 0 Å². The van der Waals surface area contributed by atoms with E-state index >= 15 is 4.79 Å². The SMILES string of the molecule is C[C@@H]1[C@@H]([Si](C)(C)O)[C@H](CCn2cc(CCO)nn2)O[C@@]12C(=O)N(Cc1cccc(N3CN(c4ccccc4)C4(CCNCC4)C3=O)c1)c1ccc(Cl)cc12. The number of fused-ring (bicyclic) bond motifs is 2. The lowest BCUT2D eigenvalue weighted by atomic mass is 9.82. The van der Waals surface area contributed by atoms with Gasteiger partial charge in [-0.15, -0.1) is 5.10 Å². The van der Waals surface area contributed by atoms with E-state index in [1.807, 2.05) is 85.7 Å². The number of benzene rings is 3. The van der Waals surface area contributed by atoms with Gasteiger partial charge in [-0.3, -0.25) is 19.2 Å². The van der Waals surface area contributed by atoms with Gasteiger partial charge in [-0.05, 0) is 93.5 Å². The molecular weight excluding hydrogens is 722 g/mol. The molecule has 4 atom stereocenters. The Bertz CT molecular complexity index is 2040. The second kappa shape index (κ2) is 14.2. The maximum Gasteiger partial charge on any atom is 0.264 e. The number of nitrogens with zero attached hydrogens (tertiary/aromatic N) is 6. The fraction of sp³-hybridized carbons (Fsp3) is 0.450. The summed E-state index contributed by atoms with van der Waals surface area (Å²) in [6.45, 7) is 8.55. The second-order valence-electron chi connectivity index (χ2n) is 15.7. The van der Waals surface area contributed by atoms with Crippen LogP contribution in [0.15, 0.2) is 79.0 Å². The van der Waals surface area contributed by atoms with E-state index in [0.29, 0.717) is 42.3 Å². The number of anilines is 3. The summed E-state index contributed by atoms with van der Waals surface area (Å²) in [5.74, 6) is -0.434. The van der Waals surface area contributed by atoms with E-state index in [4.69, 9.17) is 16.3 Å². The molecule has 5 heterocycles. The zero-order chi connectivity index (χ0) is 37.8. The molecule has 0 bridgehead atoms. The van der Waals surface area contributed by atoms with E-state index < -0.39 is 25.6 Å². The number of ether oxygens (including phenoxy) is 1. The molecule has 4 aliphatic rings. The molecule has 4 aromatic rings. The van der Waals surface area contributed by atoms with Gasteiger partial charge in [0.2, 0.25) is 0 Å². The van der Waals surface area contributed by atoms with Crippen LogP contribution in [0, 0.1) is 5.92 Å². The number of amides is 2. The number of aliphatic hydroxyl groups excluding tert-OH is 1. The minimum Gasteiger partial charge on any atom is -0.432 e. The van der Waals surface area contributed by atoms with Crippen LogP contribution in [-0.4, -0.2) is 83.0 Å². The molecule has 0 saturated carbocycles. The van der Waals surface area contributed by atoms with Crippen molar-refractivity contribution in [3.63, 3.8) is 0 Å². The number of aryl methyl sites for hydroxylation is 1. The molecule has 14 heteroatoms. The van der Waals surface area contributed by atoms with Gasteiger partial charge < -0.3 is 29.8 Å². The molecule has 0 aliphatic carbocycles. The van der Waals surface area contributed by atoms with Crippen LogP contribution in [-0.2, 0) is 39.4 Å². The predicted molar refractivity (Wildman–Crippen MR) is 210 cm³/mol. The third-order valence-electron chi connectivity index (χ3n) is 12.0. The van der Waals surface area contributed by atoms with Gasteiger partial charge in [-0.1, -0.05) is 54.1 Å². The van der Waals surface area contributed by atoms with Gasteiger partial charge in [-0.25, -0.2) is 0 Å². The summed E-state index contributed by atoms with van der Waals surface area (Å²) in [5, 5.41) is 21.6. The first-order valence-electron chi connectivity index (χ1n) is 18.9. The Labute approximate surface area is 321 Å². The monoisotopic (exact) mass is 769 g/mol. The highest BCUT2D eigenvalue weighted by Crippen LogP contribution is 2.60. The maximum atomic E-state index is 15.0. The van der Waals surface area contributed by atoms with Gasteiger partial charge in [0.25, 0.3) is 11.8 Å². The van der Waals surface area contributed by atoms with E-state index in [1.54, 1.807) is 15.6 Å². The molecule has 0 unspecified atom stereocenters. The molecule has 2 amide bonds. The van der Waals surface area contributed by atoms with Crippen molar-refractivity contribution in [3.8, 4) is 0 Å². The van der Waals surface area contributed by atoms with E-state index in [-0.39, 0.29) is 36.4 Å². The van der Waals surface area contributed by atoms with Crippen LogP contribution in [0.4, 0.5) is 17.1 Å². The number of halogens is 1. The van der Waals surface area contributed by atoms with Crippen molar-refractivity contribution in [3.05, 3.63) is 101 Å². The van der Waals surface area contributed by atoms with Crippen molar-refractivity contribution in [1.82, 2.24) is 20.3 Å². The topological polar surface area (TPSA) is 136 Å². The van der Waals surface area contributed by atoms with E-state index in [1.165, 1.54) is 0 Å². The van der Waals surface area contributed by atoms with E-state index in [0.717, 1.165) is 48.6 Å². The van der Waals surface area contributed by atoms with E-state index in [9.17, 15) is 14.7 Å². The predicted octanol–water partition coefficient (Wildman–Crippen LogP) is 4.83. The van der Waals surface area contributed by atoms with Crippen LogP contribution >= 0.6 is 11.6 Å². The molecular formula is C40H48ClN7O5Si. The number of rotatable bonds is 10. The molecule has 284 valence electrons. The molecule has 2 spiro atoms. The van der Waals surface area contributed by atoms with E-state index in [2.05, 4.69) is 32.7 Å². The molecule has 0 radical (unpaired) electrons. The average molecular weight is 770 g/mol. The van der Waals surface area contributed by atoms with Gasteiger partial charge >= 0.3 is 0 Å². The quantitative estimate of drug-likeness (QED) is 0.194. The molecule has 3 aromatic carbocycles. The standard InChI is InChI=1S/C40H48ClN7O5Si/c1-27-36(54(2,3)52)35(14-20-45-25-30(15-21-49)43-44-45)53-40(27)33-23-29(41)12-13-34(33)46(38(40)51)24-28-8-7-11-32(22-28)47-26-48(31-9-5-4-6-10-31)39(37(47)50)16-18-42-19-17-39/h4-13,22-23,25,27,35-36,42,49,52H,14-21,24,26H2,1-3H3/t27-,35+,36-,40+/m1/s1. The summed E-state index contributed by atoms with van der Waals surface area (Å²) >= 11 is 6.64. The van der Waals surface area contributed by atoms with Crippen molar-refractivity contribution < 1.29 is 24.2 Å². The zero-order valence-corrected chi connectivity index (χ0v) is 32.7. The van der Waals surface area contributed by atoms with Crippen LogP contribution < -0.4 is 20.0 Å². The first kappa shape index (κ1) is 36.8. The summed E-state index contributed by atoms with van der Waals surface area (Å²) in [5.41, 5.74) is 2.61. The van der Waals surface area contributed by atoms with Gasteiger partial charge in [0.1, 0.15) is 5.54 Å². The van der Waals surface area contributed by atoms with Gasteiger partial charge in [0.15, 0.2) is 13.9 Å². The minimum atomic E-state index is -2.88. The highest BCUT2D eigenvalue weighted by atomic mass is 35.5. The Morgan fingerprint density at radius 3 is 2.50 bits per heavy atom. The fourth-order valence-corrected chi connectivity index (χ4v) is 12.4. The van der Waals surface area contributed by atoms with Crippen LogP contribution in [0.25, 0.3) is 0 Å². The first-order valence-corrected chi connectivity index (χ1v) is 22.3. The molecule has 3 fully saturated rings. The lowest BCUT2D eigenvalue weighted by Crippen LogP contribution is -2.55. The highest BCUT2D eigenvalue weighted by Gasteiger charge is 2.66. The number of piperidine rings is 1. The lowest BCUT2D eigenvalue weighted by molar-refractivity contribution is -0.146. The Kier molecular flexibility index (Phi) is 9.68. The van der Waals surface area contributed by atoms with Gasteiger partial charge in [-0.2, -0.15) is 0 Å². The lowest BCUT2D eigenvalue weighted by Gasteiger charge is -2.39. The molecule has 8 rings (SSSR count). The second-order valence-corrected chi connectivity index (χ2v) is 20.1. The van der Waals surface area contributed by atoms with Crippen molar-refractivity contribution >= 4 is 48.8 Å². The summed E-state index contributed by atoms with van der Waals surface area (Å²) in [4.78, 5) is 47.1. The summed E-state index contributed by atoms with van der Waals surface area (Å²) in [7, 11) is -2.88. The van der Waals surface area contributed by atoms with Crippen molar-refractivity contribution in [1.29, 1.82) is 0 Å². The highest BCUT2D eigenvalue weighted by molar-refractivity contribution is 6.71. The number of aromatic nitrogens is 3. The Balaban J connectivity index is 1.09. The molecule has 54 heavy (non-hydrogen) atoms. The smallest absolute Gasteiger partial charge is 0.264 e. The number of hydrogen-bond acceptors (Lipinski definition) is 9. The Morgan fingerprint density at radius 2 is 1.76 bits per heavy atom. The normalized spacial score (nSPS) is 25.1. The molecule has 1 aromatic heterocycles. The summed E-state index contributed by atoms with van der Waals surface area (Å²) in [6, 6.07) is 23.6. The van der Waals surface area contributed by atoms with Crippen LogP contribution in [0.1, 0.15) is 43.0 Å². The molecule has 3 saturated heterocycles. The Morgan fingerprint density at radius 1 is 1.00 bits per heavy atom. The molecule has 3 N–H and O–H groups in total. The number of aliphatic hydroxyl groups is 1. The van der Waals surface area contributed by atoms with Crippen molar-refractivity contribution in [2.75, 3.05) is 41.1 Å². The zero-order valence-electron chi connectivity index (χ0n) is 31.0. The molecule has 12 nitrogen and oxygen atoms in total. The number of carbonyl (C=O) groups excluding carboxylic acids is 2. The van der Waals surface area contributed by atoms with Crippen molar-refractivity contribution in [2.45, 2.75) is 81.6 Å². The third kappa shape index (κ3) is 6.15. The Hall–Kier alpha value is -4.11. The number of hydrogen-bond donors (Lipinski definition) is 3. The van der Waals surface area contributed by atoms with Crippen molar-refractivity contribution in [2.24, 2.45) is 5.92 Å². The largest absolute Gasteiger partial charge is 0.432 e. The first-order chi connectivity index (χ1) is 26.0. The van der Waals surface area contributed by atoms with Gasteiger partial charge in [0.05, 0.1) is 30.7 Å². The van der Waals surface area contributed by atoms with Gasteiger partial charge in [0, 0.05) is 59.2 Å². The maximum absolute atomic E-state index is 15.0. The number of nitrogens with one attached hydrogen (secondary N) is 1. The van der Waals surface area contributed by atoms with Crippen LogP contribution in [0.3, 0.4) is 0 Å².